The lowest BCUT2D eigenvalue weighted by Crippen LogP contribution is -2.10. The molecule has 1 saturated carbocycles. The zero-order valence-corrected chi connectivity index (χ0v) is 10.5. The van der Waals surface area contributed by atoms with Crippen molar-refractivity contribution in [1.82, 2.24) is 0 Å². The molecule has 2 nitrogen and oxygen atoms in total. The number of nitrogens with two attached hydrogens (primary N) is 1. The lowest BCUT2D eigenvalue weighted by Gasteiger charge is -2.16. The summed E-state index contributed by atoms with van der Waals surface area (Å²) in [5.74, 6) is -0.189. The molecule has 2 rings (SSSR count). The van der Waals surface area contributed by atoms with Crippen molar-refractivity contribution in [3.63, 3.8) is 0 Å². The van der Waals surface area contributed by atoms with Crippen LogP contribution in [0.2, 0.25) is 0 Å². The number of benzene rings is 1. The van der Waals surface area contributed by atoms with E-state index in [0.717, 1.165) is 6.07 Å². The lowest BCUT2D eigenvalue weighted by molar-refractivity contribution is -0.138. The summed E-state index contributed by atoms with van der Waals surface area (Å²) < 4.78 is 43.6. The molecular formula is C13H16F3NO. The van der Waals surface area contributed by atoms with Crippen molar-refractivity contribution in [3.05, 3.63) is 29.3 Å². The number of rotatable bonds is 2. The fraction of sp³-hybridized carbons (Fsp3) is 0.538. The molecular weight excluding hydrogens is 243 g/mol. The summed E-state index contributed by atoms with van der Waals surface area (Å²) in [5, 5.41) is 0. The number of halogens is 3. The molecule has 0 aliphatic heterocycles. The Bertz CT molecular complexity index is 468. The minimum atomic E-state index is -4.41. The predicted molar refractivity (Wildman–Crippen MR) is 62.5 cm³/mol. The standard InChI is InChI=1S/C13H16F3NO/c1-12(2)9(11(12)17)7-5-4-6-8(10(7)18-3)13(14,15)16/h4-6,9,11H,17H2,1-3H3. The van der Waals surface area contributed by atoms with Gasteiger partial charge in [-0.05, 0) is 17.0 Å². The van der Waals surface area contributed by atoms with Crippen LogP contribution in [0.3, 0.4) is 0 Å². The molecule has 1 aliphatic rings. The summed E-state index contributed by atoms with van der Waals surface area (Å²) in [4.78, 5) is 0. The van der Waals surface area contributed by atoms with Crippen molar-refractivity contribution >= 4 is 0 Å². The van der Waals surface area contributed by atoms with Gasteiger partial charge in [-0.2, -0.15) is 13.2 Å². The van der Waals surface area contributed by atoms with Crippen molar-refractivity contribution in [3.8, 4) is 5.75 Å². The van der Waals surface area contributed by atoms with Gasteiger partial charge in [0.25, 0.3) is 0 Å². The molecule has 0 aromatic heterocycles. The normalized spacial score (nSPS) is 25.9. The highest BCUT2D eigenvalue weighted by Gasteiger charge is 2.57. The third-order valence-electron chi connectivity index (χ3n) is 3.80. The molecule has 2 atom stereocenters. The van der Waals surface area contributed by atoms with Gasteiger partial charge in [-0.3, -0.25) is 0 Å². The summed E-state index contributed by atoms with van der Waals surface area (Å²) in [6.07, 6.45) is -4.41. The Kier molecular flexibility index (Phi) is 2.85. The Morgan fingerprint density at radius 3 is 2.22 bits per heavy atom. The van der Waals surface area contributed by atoms with Crippen LogP contribution < -0.4 is 10.5 Å². The van der Waals surface area contributed by atoms with E-state index in [4.69, 9.17) is 10.5 Å². The Morgan fingerprint density at radius 2 is 1.83 bits per heavy atom. The van der Waals surface area contributed by atoms with Gasteiger partial charge in [0.1, 0.15) is 5.75 Å². The molecule has 5 heteroatoms. The van der Waals surface area contributed by atoms with Crippen LogP contribution in [0.4, 0.5) is 13.2 Å². The maximum atomic E-state index is 12.9. The van der Waals surface area contributed by atoms with Crippen LogP contribution in [0.25, 0.3) is 0 Å². The number of para-hydroxylation sites is 1. The highest BCUT2D eigenvalue weighted by atomic mass is 19.4. The number of ether oxygens (including phenoxy) is 1. The van der Waals surface area contributed by atoms with Crippen molar-refractivity contribution in [1.29, 1.82) is 0 Å². The van der Waals surface area contributed by atoms with Crippen molar-refractivity contribution in [2.75, 3.05) is 7.11 Å². The Balaban J connectivity index is 2.51. The van der Waals surface area contributed by atoms with Gasteiger partial charge < -0.3 is 10.5 Å². The summed E-state index contributed by atoms with van der Waals surface area (Å²) in [7, 11) is 1.26. The average Bonchev–Trinajstić information content (AvgIpc) is 2.75. The number of alkyl halides is 3. The van der Waals surface area contributed by atoms with Gasteiger partial charge in [0.05, 0.1) is 12.7 Å². The van der Waals surface area contributed by atoms with Gasteiger partial charge in [-0.1, -0.05) is 26.0 Å². The van der Waals surface area contributed by atoms with Crippen molar-refractivity contribution < 1.29 is 17.9 Å². The molecule has 2 unspecified atom stereocenters. The fourth-order valence-electron chi connectivity index (χ4n) is 2.52. The zero-order valence-electron chi connectivity index (χ0n) is 10.5. The van der Waals surface area contributed by atoms with Gasteiger partial charge in [0, 0.05) is 12.0 Å². The molecule has 0 heterocycles. The van der Waals surface area contributed by atoms with Crippen molar-refractivity contribution in [2.45, 2.75) is 32.0 Å². The molecule has 0 saturated heterocycles. The van der Waals surface area contributed by atoms with Gasteiger partial charge in [-0.15, -0.1) is 0 Å². The van der Waals surface area contributed by atoms with Crippen LogP contribution >= 0.6 is 0 Å². The Labute approximate surface area is 104 Å². The second-order valence-electron chi connectivity index (χ2n) is 5.25. The van der Waals surface area contributed by atoms with Crippen LogP contribution in [0.1, 0.15) is 30.9 Å². The van der Waals surface area contributed by atoms with E-state index in [1.807, 2.05) is 13.8 Å². The van der Waals surface area contributed by atoms with Gasteiger partial charge in [-0.25, -0.2) is 0 Å². The first kappa shape index (κ1) is 13.2. The van der Waals surface area contributed by atoms with E-state index in [1.54, 1.807) is 6.07 Å². The molecule has 2 N–H and O–H groups in total. The van der Waals surface area contributed by atoms with Crippen LogP contribution in [0, 0.1) is 5.41 Å². The number of hydrogen-bond donors (Lipinski definition) is 1. The summed E-state index contributed by atoms with van der Waals surface area (Å²) in [6.45, 7) is 3.89. The molecule has 1 aromatic rings. The topological polar surface area (TPSA) is 35.2 Å². The van der Waals surface area contributed by atoms with Crippen LogP contribution in [0.15, 0.2) is 18.2 Å². The summed E-state index contributed by atoms with van der Waals surface area (Å²) in [5.41, 5.74) is 5.55. The van der Waals surface area contributed by atoms with E-state index in [1.165, 1.54) is 13.2 Å². The average molecular weight is 259 g/mol. The molecule has 0 radical (unpaired) electrons. The maximum Gasteiger partial charge on any atom is 0.419 e. The van der Waals surface area contributed by atoms with E-state index in [-0.39, 0.29) is 23.1 Å². The summed E-state index contributed by atoms with van der Waals surface area (Å²) in [6, 6.07) is 3.97. The van der Waals surface area contributed by atoms with Gasteiger partial charge in [0.15, 0.2) is 0 Å². The van der Waals surface area contributed by atoms with Gasteiger partial charge in [0.2, 0.25) is 0 Å². The minimum Gasteiger partial charge on any atom is -0.496 e. The molecule has 0 bridgehead atoms. The molecule has 1 fully saturated rings. The second-order valence-corrected chi connectivity index (χ2v) is 5.25. The summed E-state index contributed by atoms with van der Waals surface area (Å²) >= 11 is 0. The van der Waals surface area contributed by atoms with Gasteiger partial charge >= 0.3 is 6.18 Å². The SMILES string of the molecule is COc1c(C2C(N)C2(C)C)cccc1C(F)(F)F. The second kappa shape index (κ2) is 3.88. The van der Waals surface area contributed by atoms with Crippen molar-refractivity contribution in [2.24, 2.45) is 11.1 Å². The van der Waals surface area contributed by atoms with Crippen LogP contribution in [-0.4, -0.2) is 13.2 Å². The largest absolute Gasteiger partial charge is 0.496 e. The Morgan fingerprint density at radius 1 is 1.28 bits per heavy atom. The molecule has 100 valence electrons. The minimum absolute atomic E-state index is 0.0882. The first-order chi connectivity index (χ1) is 8.21. The maximum absolute atomic E-state index is 12.9. The highest BCUT2D eigenvalue weighted by Crippen LogP contribution is 2.60. The molecule has 1 aliphatic carbocycles. The number of methoxy groups -OCH3 is 1. The molecule has 0 amide bonds. The van der Waals surface area contributed by atoms with E-state index in [2.05, 4.69) is 0 Å². The monoisotopic (exact) mass is 259 g/mol. The fourth-order valence-corrected chi connectivity index (χ4v) is 2.52. The first-order valence-electron chi connectivity index (χ1n) is 5.71. The lowest BCUT2D eigenvalue weighted by atomic mass is 9.99. The zero-order chi connectivity index (χ0) is 13.7. The predicted octanol–water partition coefficient (Wildman–Crippen LogP) is 3.16. The third kappa shape index (κ3) is 1.86. The molecule has 18 heavy (non-hydrogen) atoms. The van der Waals surface area contributed by atoms with E-state index in [9.17, 15) is 13.2 Å². The molecule has 1 aromatic carbocycles. The van der Waals surface area contributed by atoms with Crippen LogP contribution in [0.5, 0.6) is 5.75 Å². The highest BCUT2D eigenvalue weighted by molar-refractivity contribution is 5.50. The quantitative estimate of drug-likeness (QED) is 0.885. The first-order valence-corrected chi connectivity index (χ1v) is 5.71. The number of hydrogen-bond acceptors (Lipinski definition) is 2. The Hall–Kier alpha value is -1.23. The van der Waals surface area contributed by atoms with E-state index in [0.29, 0.717) is 5.56 Å². The van der Waals surface area contributed by atoms with Crippen LogP contribution in [-0.2, 0) is 6.18 Å². The molecule has 0 spiro atoms. The smallest absolute Gasteiger partial charge is 0.419 e. The third-order valence-corrected chi connectivity index (χ3v) is 3.80. The van der Waals surface area contributed by atoms with E-state index >= 15 is 0 Å². The van der Waals surface area contributed by atoms with E-state index < -0.39 is 11.7 Å².